The van der Waals surface area contributed by atoms with Crippen molar-refractivity contribution in [1.29, 1.82) is 0 Å². The molecular weight excluding hydrogens is 162 g/mol. The molecule has 0 aromatic heterocycles. The van der Waals surface area contributed by atoms with Crippen LogP contribution in [0.4, 0.5) is 0 Å². The summed E-state index contributed by atoms with van der Waals surface area (Å²) in [5, 5.41) is 3.00. The molecule has 1 unspecified atom stereocenters. The second kappa shape index (κ2) is 4.64. The van der Waals surface area contributed by atoms with Crippen molar-refractivity contribution in [2.75, 3.05) is 0 Å². The van der Waals surface area contributed by atoms with E-state index in [0.29, 0.717) is 12.0 Å². The molecule has 0 fully saturated rings. The summed E-state index contributed by atoms with van der Waals surface area (Å²) in [6.07, 6.45) is 1.03. The first-order valence-corrected chi connectivity index (χ1v) is 4.99. The molecule has 0 heterocycles. The van der Waals surface area contributed by atoms with E-state index < -0.39 is 0 Å². The zero-order valence-corrected chi connectivity index (χ0v) is 9.77. The minimum absolute atomic E-state index is 0.0722. The Kier molecular flexibility index (Phi) is 4.45. The van der Waals surface area contributed by atoms with Gasteiger partial charge in [0.1, 0.15) is 0 Å². The third-order valence-corrected chi connectivity index (χ3v) is 2.03. The zero-order valence-electron chi connectivity index (χ0n) is 9.77. The van der Waals surface area contributed by atoms with E-state index in [9.17, 15) is 4.79 Å². The maximum Gasteiger partial charge on any atom is 0.217 e. The van der Waals surface area contributed by atoms with Crippen molar-refractivity contribution in [3.8, 4) is 0 Å². The summed E-state index contributed by atoms with van der Waals surface area (Å²) in [7, 11) is 0. The molecule has 0 aliphatic rings. The lowest BCUT2D eigenvalue weighted by atomic mass is 9.84. The van der Waals surface area contributed by atoms with Gasteiger partial charge in [0.05, 0.1) is 0 Å². The molecule has 1 atom stereocenters. The zero-order chi connectivity index (χ0) is 10.6. The van der Waals surface area contributed by atoms with Crippen LogP contribution < -0.4 is 5.32 Å². The van der Waals surface area contributed by atoms with Gasteiger partial charge in [0.15, 0.2) is 0 Å². The van der Waals surface area contributed by atoms with Gasteiger partial charge in [-0.15, -0.1) is 0 Å². The van der Waals surface area contributed by atoms with Crippen LogP contribution in [0.15, 0.2) is 0 Å². The molecule has 0 bridgehead atoms. The molecule has 2 heteroatoms. The Labute approximate surface area is 82.1 Å². The van der Waals surface area contributed by atoms with Crippen LogP contribution in [0, 0.1) is 11.3 Å². The Bertz CT molecular complexity index is 167. The molecule has 0 radical (unpaired) electrons. The summed E-state index contributed by atoms with van der Waals surface area (Å²) in [6, 6.07) is 0.303. The van der Waals surface area contributed by atoms with Crippen LogP contribution in [0.5, 0.6) is 0 Å². The Balaban J connectivity index is 4.19. The third kappa shape index (κ3) is 6.62. The summed E-state index contributed by atoms with van der Waals surface area (Å²) in [5.74, 6) is 0.575. The molecule has 2 nitrogen and oxygen atoms in total. The van der Waals surface area contributed by atoms with Gasteiger partial charge in [-0.25, -0.2) is 0 Å². The molecule has 0 rings (SSSR count). The summed E-state index contributed by atoms with van der Waals surface area (Å²) in [4.78, 5) is 10.9. The van der Waals surface area contributed by atoms with Gasteiger partial charge in [-0.3, -0.25) is 4.79 Å². The Morgan fingerprint density at radius 3 is 2.00 bits per heavy atom. The van der Waals surface area contributed by atoms with Crippen LogP contribution >= 0.6 is 0 Å². The number of rotatable bonds is 3. The van der Waals surface area contributed by atoms with E-state index in [1.165, 1.54) is 0 Å². The molecule has 0 aliphatic carbocycles. The fourth-order valence-electron chi connectivity index (χ4n) is 1.37. The first-order chi connectivity index (χ1) is 5.72. The number of nitrogens with one attached hydrogen (secondary N) is 1. The number of amides is 1. The fourth-order valence-corrected chi connectivity index (χ4v) is 1.37. The molecule has 78 valence electrons. The highest BCUT2D eigenvalue weighted by Crippen LogP contribution is 2.23. The van der Waals surface area contributed by atoms with Crippen molar-refractivity contribution in [3.05, 3.63) is 0 Å². The minimum Gasteiger partial charge on any atom is -0.353 e. The third-order valence-electron chi connectivity index (χ3n) is 2.03. The van der Waals surface area contributed by atoms with E-state index in [-0.39, 0.29) is 11.3 Å². The van der Waals surface area contributed by atoms with Crippen LogP contribution in [0.25, 0.3) is 0 Å². The predicted molar refractivity (Wildman–Crippen MR) is 56.5 cm³/mol. The summed E-state index contributed by atoms with van der Waals surface area (Å²) >= 11 is 0. The Hall–Kier alpha value is -0.530. The molecule has 1 N–H and O–H groups in total. The number of carbonyl (C=O) groups excluding carboxylic acids is 1. The van der Waals surface area contributed by atoms with Crippen LogP contribution in [-0.4, -0.2) is 11.9 Å². The summed E-state index contributed by atoms with van der Waals surface area (Å²) in [6.45, 7) is 12.5. The molecule has 0 saturated heterocycles. The van der Waals surface area contributed by atoms with Crippen molar-refractivity contribution in [2.45, 2.75) is 54.0 Å². The highest BCUT2D eigenvalue weighted by molar-refractivity contribution is 5.73. The number of hydrogen-bond donors (Lipinski definition) is 1. The first kappa shape index (κ1) is 12.5. The Morgan fingerprint density at radius 2 is 1.77 bits per heavy atom. The van der Waals surface area contributed by atoms with Gasteiger partial charge in [-0.05, 0) is 17.8 Å². The smallest absolute Gasteiger partial charge is 0.217 e. The summed E-state index contributed by atoms with van der Waals surface area (Å²) in [5.41, 5.74) is 0.275. The molecular formula is C11H23NO. The van der Waals surface area contributed by atoms with Gasteiger partial charge in [-0.1, -0.05) is 34.6 Å². The number of hydrogen-bond acceptors (Lipinski definition) is 1. The van der Waals surface area contributed by atoms with E-state index in [4.69, 9.17) is 0 Å². The molecule has 0 aromatic rings. The Morgan fingerprint density at radius 1 is 1.31 bits per heavy atom. The van der Waals surface area contributed by atoms with Crippen molar-refractivity contribution in [1.82, 2.24) is 5.32 Å². The van der Waals surface area contributed by atoms with E-state index in [1.54, 1.807) is 6.92 Å². The van der Waals surface area contributed by atoms with E-state index in [1.807, 2.05) is 0 Å². The lowest BCUT2D eigenvalue weighted by Gasteiger charge is -2.29. The molecule has 0 aromatic carbocycles. The molecule has 0 saturated carbocycles. The highest BCUT2D eigenvalue weighted by atomic mass is 16.1. The van der Waals surface area contributed by atoms with Gasteiger partial charge in [0.25, 0.3) is 0 Å². The van der Waals surface area contributed by atoms with Gasteiger partial charge in [0.2, 0.25) is 5.91 Å². The normalized spacial score (nSPS) is 14.4. The van der Waals surface area contributed by atoms with Crippen molar-refractivity contribution >= 4 is 5.91 Å². The van der Waals surface area contributed by atoms with Crippen LogP contribution in [-0.2, 0) is 4.79 Å². The highest BCUT2D eigenvalue weighted by Gasteiger charge is 2.21. The molecule has 1 amide bonds. The largest absolute Gasteiger partial charge is 0.353 e. The maximum atomic E-state index is 10.9. The van der Waals surface area contributed by atoms with Gasteiger partial charge in [-0.2, -0.15) is 0 Å². The second-order valence-corrected chi connectivity index (χ2v) is 5.32. The SMILES string of the molecule is CC(=O)NC(CC(C)(C)C)C(C)C. The first-order valence-electron chi connectivity index (χ1n) is 4.99. The lowest BCUT2D eigenvalue weighted by molar-refractivity contribution is -0.120. The molecule has 0 aliphatic heterocycles. The van der Waals surface area contributed by atoms with Crippen molar-refractivity contribution < 1.29 is 4.79 Å². The van der Waals surface area contributed by atoms with Crippen LogP contribution in [0.3, 0.4) is 0 Å². The number of carbonyl (C=O) groups is 1. The average Bonchev–Trinajstić information content (AvgIpc) is 1.81. The lowest BCUT2D eigenvalue weighted by Crippen LogP contribution is -2.39. The molecule has 13 heavy (non-hydrogen) atoms. The van der Waals surface area contributed by atoms with Gasteiger partial charge in [0, 0.05) is 13.0 Å². The molecule has 0 spiro atoms. The van der Waals surface area contributed by atoms with Gasteiger partial charge >= 0.3 is 0 Å². The second-order valence-electron chi connectivity index (χ2n) is 5.32. The van der Waals surface area contributed by atoms with Crippen molar-refractivity contribution in [3.63, 3.8) is 0 Å². The van der Waals surface area contributed by atoms with E-state index in [2.05, 4.69) is 39.9 Å². The van der Waals surface area contributed by atoms with Crippen LogP contribution in [0.2, 0.25) is 0 Å². The summed E-state index contributed by atoms with van der Waals surface area (Å²) < 4.78 is 0. The quantitative estimate of drug-likeness (QED) is 0.719. The van der Waals surface area contributed by atoms with E-state index >= 15 is 0 Å². The van der Waals surface area contributed by atoms with Crippen molar-refractivity contribution in [2.24, 2.45) is 11.3 Å². The van der Waals surface area contributed by atoms with Crippen LogP contribution in [0.1, 0.15) is 48.0 Å². The van der Waals surface area contributed by atoms with Gasteiger partial charge < -0.3 is 5.32 Å². The predicted octanol–water partition coefficient (Wildman–Crippen LogP) is 2.58. The fraction of sp³-hybridized carbons (Fsp3) is 0.909. The standard InChI is InChI=1S/C11H23NO/c1-8(2)10(12-9(3)13)7-11(4,5)6/h8,10H,7H2,1-6H3,(H,12,13). The topological polar surface area (TPSA) is 29.1 Å². The minimum atomic E-state index is 0.0722. The maximum absolute atomic E-state index is 10.9. The van der Waals surface area contributed by atoms with E-state index in [0.717, 1.165) is 6.42 Å². The average molecular weight is 185 g/mol. The monoisotopic (exact) mass is 185 g/mol.